The van der Waals surface area contributed by atoms with E-state index in [2.05, 4.69) is 31.1 Å². The lowest BCUT2D eigenvalue weighted by molar-refractivity contribution is 0.544. The van der Waals surface area contributed by atoms with Gasteiger partial charge >= 0.3 is 0 Å². The fourth-order valence-corrected chi connectivity index (χ4v) is 2.26. The van der Waals surface area contributed by atoms with Gasteiger partial charge in [-0.05, 0) is 24.6 Å². The van der Waals surface area contributed by atoms with E-state index in [1.165, 1.54) is 0 Å². The molecule has 1 heterocycles. The molecule has 4 nitrogen and oxygen atoms in total. The zero-order valence-corrected chi connectivity index (χ0v) is 11.8. The van der Waals surface area contributed by atoms with E-state index < -0.39 is 0 Å². The van der Waals surface area contributed by atoms with Crippen LogP contribution in [0.1, 0.15) is 32.0 Å². The first-order chi connectivity index (χ1) is 8.30. The van der Waals surface area contributed by atoms with Crippen LogP contribution in [0.25, 0.3) is 5.69 Å². The predicted molar refractivity (Wildman–Crippen MR) is 74.2 cm³/mol. The average Bonchev–Trinajstić information content (AvgIpc) is 2.59. The number of hydrogen-bond donors (Lipinski definition) is 1. The number of aryl methyl sites for hydroxylation is 1. The summed E-state index contributed by atoms with van der Waals surface area (Å²) in [5, 5.41) is 8.70. The molecule has 0 saturated carbocycles. The number of hydrogen-bond acceptors (Lipinski definition) is 3. The van der Waals surface area contributed by atoms with E-state index in [1.807, 2.05) is 25.1 Å². The van der Waals surface area contributed by atoms with Crippen molar-refractivity contribution in [3.63, 3.8) is 0 Å². The summed E-state index contributed by atoms with van der Waals surface area (Å²) in [6.45, 7) is 8.21. The Morgan fingerprint density at radius 1 is 1.28 bits per heavy atom. The van der Waals surface area contributed by atoms with Gasteiger partial charge in [0.05, 0.1) is 16.4 Å². The highest BCUT2D eigenvalue weighted by Gasteiger charge is 2.25. The Hall–Kier alpha value is -1.55. The van der Waals surface area contributed by atoms with E-state index in [-0.39, 0.29) is 5.41 Å². The summed E-state index contributed by atoms with van der Waals surface area (Å²) in [4.78, 5) is 0. The molecule has 0 unspecified atom stereocenters. The van der Waals surface area contributed by atoms with Crippen LogP contribution in [0.2, 0.25) is 5.02 Å². The smallest absolute Gasteiger partial charge is 0.170 e. The van der Waals surface area contributed by atoms with Crippen molar-refractivity contribution in [1.82, 2.24) is 15.0 Å². The molecule has 0 amide bonds. The number of anilines is 1. The molecular formula is C13H17ClN4. The van der Waals surface area contributed by atoms with Gasteiger partial charge in [-0.3, -0.25) is 0 Å². The summed E-state index contributed by atoms with van der Waals surface area (Å²) in [7, 11) is 0. The summed E-state index contributed by atoms with van der Waals surface area (Å²) in [5.41, 5.74) is 8.53. The predicted octanol–water partition coefficient (Wildman–Crippen LogP) is 3.11. The molecule has 0 aliphatic rings. The van der Waals surface area contributed by atoms with Crippen LogP contribution in [0.15, 0.2) is 18.2 Å². The van der Waals surface area contributed by atoms with E-state index in [1.54, 1.807) is 4.68 Å². The van der Waals surface area contributed by atoms with Gasteiger partial charge in [-0.1, -0.05) is 43.7 Å². The minimum atomic E-state index is -0.151. The van der Waals surface area contributed by atoms with E-state index in [0.29, 0.717) is 10.8 Å². The number of rotatable bonds is 1. The summed E-state index contributed by atoms with van der Waals surface area (Å²) in [6.07, 6.45) is 0. The second-order valence-corrected chi connectivity index (χ2v) is 5.85. The highest BCUT2D eigenvalue weighted by molar-refractivity contribution is 6.32. The highest BCUT2D eigenvalue weighted by atomic mass is 35.5. The second kappa shape index (κ2) is 4.28. The van der Waals surface area contributed by atoms with E-state index in [0.717, 1.165) is 16.9 Å². The van der Waals surface area contributed by atoms with Crippen LogP contribution >= 0.6 is 11.6 Å². The van der Waals surface area contributed by atoms with Crippen LogP contribution < -0.4 is 5.73 Å². The minimum absolute atomic E-state index is 0.151. The highest BCUT2D eigenvalue weighted by Crippen LogP contribution is 2.30. The molecule has 0 saturated heterocycles. The largest absolute Gasteiger partial charge is 0.381 e. The van der Waals surface area contributed by atoms with E-state index >= 15 is 0 Å². The molecule has 1 aromatic heterocycles. The van der Waals surface area contributed by atoms with Crippen molar-refractivity contribution in [2.45, 2.75) is 33.1 Å². The minimum Gasteiger partial charge on any atom is -0.381 e. The molecule has 0 fully saturated rings. The molecule has 0 aliphatic heterocycles. The monoisotopic (exact) mass is 264 g/mol. The molecule has 2 aromatic rings. The lowest BCUT2D eigenvalue weighted by Gasteiger charge is -2.20. The molecular weight excluding hydrogens is 248 g/mol. The number of aromatic nitrogens is 3. The first kappa shape index (κ1) is 12.9. The number of nitrogens with two attached hydrogens (primary N) is 1. The lowest BCUT2D eigenvalue weighted by Crippen LogP contribution is -2.19. The SMILES string of the molecule is Cc1ccc(-n2nnc(N)c2C(C)(C)C)c(Cl)c1. The third kappa shape index (κ3) is 2.20. The number of nitrogen functional groups attached to an aromatic ring is 1. The van der Waals surface area contributed by atoms with E-state index in [9.17, 15) is 0 Å². The Morgan fingerprint density at radius 2 is 1.94 bits per heavy atom. The normalized spacial score (nSPS) is 11.8. The Kier molecular flexibility index (Phi) is 3.07. The molecule has 18 heavy (non-hydrogen) atoms. The summed E-state index contributed by atoms with van der Waals surface area (Å²) in [6, 6.07) is 5.83. The third-order valence-electron chi connectivity index (χ3n) is 2.74. The van der Waals surface area contributed by atoms with Crippen molar-refractivity contribution < 1.29 is 0 Å². The molecule has 96 valence electrons. The van der Waals surface area contributed by atoms with Gasteiger partial charge in [-0.15, -0.1) is 5.10 Å². The van der Waals surface area contributed by atoms with Crippen molar-refractivity contribution in [2.24, 2.45) is 0 Å². The van der Waals surface area contributed by atoms with Crippen molar-refractivity contribution in [1.29, 1.82) is 0 Å². The first-order valence-corrected chi connectivity index (χ1v) is 6.16. The average molecular weight is 265 g/mol. The van der Waals surface area contributed by atoms with Gasteiger partial charge in [0.2, 0.25) is 0 Å². The molecule has 0 bridgehead atoms. The molecule has 0 spiro atoms. The Balaban J connectivity index is 2.65. The van der Waals surface area contributed by atoms with Crippen LogP contribution in [0, 0.1) is 6.92 Å². The molecule has 1 aromatic carbocycles. The van der Waals surface area contributed by atoms with Crippen LogP contribution in [0.4, 0.5) is 5.82 Å². The standard InChI is InChI=1S/C13H17ClN4/c1-8-5-6-10(9(14)7-8)18-11(13(2,3)4)12(15)16-17-18/h5-7H,15H2,1-4H3. The van der Waals surface area contributed by atoms with E-state index in [4.69, 9.17) is 17.3 Å². The summed E-state index contributed by atoms with van der Waals surface area (Å²) >= 11 is 6.27. The van der Waals surface area contributed by atoms with Crippen molar-refractivity contribution in [2.75, 3.05) is 5.73 Å². The summed E-state index contributed by atoms with van der Waals surface area (Å²) in [5.74, 6) is 0.444. The Morgan fingerprint density at radius 3 is 2.50 bits per heavy atom. The van der Waals surface area contributed by atoms with Gasteiger partial charge < -0.3 is 5.73 Å². The third-order valence-corrected chi connectivity index (χ3v) is 3.04. The van der Waals surface area contributed by atoms with Gasteiger partial charge in [0.15, 0.2) is 5.82 Å². The van der Waals surface area contributed by atoms with Crippen LogP contribution in [-0.4, -0.2) is 15.0 Å². The molecule has 0 aliphatic carbocycles. The van der Waals surface area contributed by atoms with Gasteiger partial charge in [0.25, 0.3) is 0 Å². The Labute approximate surface area is 112 Å². The topological polar surface area (TPSA) is 56.7 Å². The molecule has 0 radical (unpaired) electrons. The molecule has 5 heteroatoms. The number of benzene rings is 1. The maximum absolute atomic E-state index is 6.27. The van der Waals surface area contributed by atoms with Crippen molar-refractivity contribution in [3.8, 4) is 5.69 Å². The molecule has 2 N–H and O–H groups in total. The zero-order chi connectivity index (χ0) is 13.5. The van der Waals surface area contributed by atoms with Gasteiger partial charge in [0, 0.05) is 5.41 Å². The number of halogens is 1. The maximum Gasteiger partial charge on any atom is 0.170 e. The first-order valence-electron chi connectivity index (χ1n) is 5.79. The fourth-order valence-electron chi connectivity index (χ4n) is 1.95. The van der Waals surface area contributed by atoms with Crippen molar-refractivity contribution >= 4 is 17.4 Å². The van der Waals surface area contributed by atoms with Crippen LogP contribution in [0.3, 0.4) is 0 Å². The summed E-state index contributed by atoms with van der Waals surface area (Å²) < 4.78 is 1.72. The van der Waals surface area contributed by atoms with Gasteiger partial charge in [0.1, 0.15) is 0 Å². The molecule has 2 rings (SSSR count). The van der Waals surface area contributed by atoms with Gasteiger partial charge in [-0.25, -0.2) is 4.68 Å². The quantitative estimate of drug-likeness (QED) is 0.861. The van der Waals surface area contributed by atoms with Gasteiger partial charge in [-0.2, -0.15) is 0 Å². The maximum atomic E-state index is 6.27. The number of nitrogens with zero attached hydrogens (tertiary/aromatic N) is 3. The van der Waals surface area contributed by atoms with Crippen LogP contribution in [-0.2, 0) is 5.41 Å². The Bertz CT molecular complexity index is 581. The van der Waals surface area contributed by atoms with Crippen molar-refractivity contribution in [3.05, 3.63) is 34.5 Å². The second-order valence-electron chi connectivity index (χ2n) is 5.44. The zero-order valence-electron chi connectivity index (χ0n) is 11.0. The lowest BCUT2D eigenvalue weighted by atomic mass is 9.91. The fraction of sp³-hybridized carbons (Fsp3) is 0.385. The molecule has 0 atom stereocenters. The van der Waals surface area contributed by atoms with Crippen LogP contribution in [0.5, 0.6) is 0 Å².